The van der Waals surface area contributed by atoms with Crippen molar-refractivity contribution in [3.05, 3.63) is 168 Å². The molecule has 7 aromatic rings. The Morgan fingerprint density at radius 3 is 1.64 bits per heavy atom. The standard InChI is InChI=1S/C41H24O/c1-5-16-34-27(10-1)28-11-2-6-17-35(28)41(34)36-18-7-3-12-29(36)33-24-25(20-22-37(33)41)26-21-23-39-40-31(26)14-9-15-32(40)30-13-4-8-19-38(30)42-39/h1-24H. The first kappa shape index (κ1) is 22.3. The molecule has 0 atom stereocenters. The van der Waals surface area contributed by atoms with Crippen LogP contribution in [-0.4, -0.2) is 0 Å². The van der Waals surface area contributed by atoms with Crippen molar-refractivity contribution in [3.8, 4) is 56.0 Å². The summed E-state index contributed by atoms with van der Waals surface area (Å²) in [6.07, 6.45) is 0. The molecule has 0 fully saturated rings. The smallest absolute Gasteiger partial charge is 0.135 e. The predicted octanol–water partition coefficient (Wildman–Crippen LogP) is 10.6. The minimum absolute atomic E-state index is 0.310. The monoisotopic (exact) mass is 532 g/mol. The van der Waals surface area contributed by atoms with Gasteiger partial charge in [0.25, 0.3) is 0 Å². The zero-order valence-corrected chi connectivity index (χ0v) is 22.8. The summed E-state index contributed by atoms with van der Waals surface area (Å²) in [5, 5.41) is 2.40. The van der Waals surface area contributed by atoms with Crippen LogP contribution in [0.2, 0.25) is 0 Å². The minimum atomic E-state index is -0.310. The molecule has 0 N–H and O–H groups in total. The molecule has 0 saturated carbocycles. The van der Waals surface area contributed by atoms with Gasteiger partial charge in [0.1, 0.15) is 11.5 Å². The first-order valence-electron chi connectivity index (χ1n) is 14.6. The van der Waals surface area contributed by atoms with Gasteiger partial charge in [-0.1, -0.05) is 127 Å². The summed E-state index contributed by atoms with van der Waals surface area (Å²) < 4.78 is 6.39. The zero-order valence-electron chi connectivity index (χ0n) is 22.8. The SMILES string of the molecule is c1ccc2c(c1)Oc1ccc(-c3ccc4c(c3)-c3ccccc3C43c4ccccc4-c4ccccc43)c3cccc-2c13. The lowest BCUT2D eigenvalue weighted by Crippen LogP contribution is -2.25. The van der Waals surface area contributed by atoms with Crippen molar-refractivity contribution in [3.63, 3.8) is 0 Å². The summed E-state index contributed by atoms with van der Waals surface area (Å²) in [4.78, 5) is 0. The fourth-order valence-corrected chi connectivity index (χ4v) is 8.10. The Kier molecular flexibility index (Phi) is 4.18. The summed E-state index contributed by atoms with van der Waals surface area (Å²) >= 11 is 0. The molecular formula is C41H24O. The molecule has 0 bridgehead atoms. The van der Waals surface area contributed by atoms with Crippen molar-refractivity contribution >= 4 is 10.8 Å². The van der Waals surface area contributed by atoms with Crippen LogP contribution < -0.4 is 4.74 Å². The highest BCUT2D eigenvalue weighted by molar-refractivity contribution is 6.10. The molecule has 1 heterocycles. The van der Waals surface area contributed by atoms with E-state index < -0.39 is 0 Å². The zero-order chi connectivity index (χ0) is 27.4. The van der Waals surface area contributed by atoms with E-state index in [0.717, 1.165) is 17.1 Å². The second-order valence-corrected chi connectivity index (χ2v) is 11.6. The number of fused-ring (bicyclic) bond motifs is 12. The number of hydrogen-bond donors (Lipinski definition) is 0. The molecule has 0 saturated heterocycles. The van der Waals surface area contributed by atoms with Crippen LogP contribution in [-0.2, 0) is 5.41 Å². The highest BCUT2D eigenvalue weighted by Crippen LogP contribution is 2.63. The Balaban J connectivity index is 1.25. The third-order valence-corrected chi connectivity index (χ3v) is 9.71. The van der Waals surface area contributed by atoms with Crippen LogP contribution in [0.15, 0.2) is 146 Å². The number of para-hydroxylation sites is 1. The Morgan fingerprint density at radius 1 is 0.357 bits per heavy atom. The van der Waals surface area contributed by atoms with Gasteiger partial charge < -0.3 is 4.74 Å². The molecule has 0 radical (unpaired) electrons. The quantitative estimate of drug-likeness (QED) is 0.204. The summed E-state index contributed by atoms with van der Waals surface area (Å²) in [6.45, 7) is 0. The molecule has 0 amide bonds. The van der Waals surface area contributed by atoms with Gasteiger partial charge in [0, 0.05) is 10.9 Å². The van der Waals surface area contributed by atoms with E-state index >= 15 is 0 Å². The Bertz CT molecular complexity index is 2240. The average Bonchev–Trinajstić information content (AvgIpc) is 3.52. The summed E-state index contributed by atoms with van der Waals surface area (Å²) in [5.41, 5.74) is 15.3. The van der Waals surface area contributed by atoms with Crippen LogP contribution in [0.1, 0.15) is 22.3 Å². The maximum atomic E-state index is 6.39. The minimum Gasteiger partial charge on any atom is -0.456 e. The lowest BCUT2D eigenvalue weighted by atomic mass is 9.70. The van der Waals surface area contributed by atoms with Crippen LogP contribution in [0.3, 0.4) is 0 Å². The molecule has 7 aromatic carbocycles. The Labute approximate surface area is 244 Å². The number of benzene rings is 7. The molecule has 2 aliphatic carbocycles. The normalized spacial score (nSPS) is 14.1. The molecule has 42 heavy (non-hydrogen) atoms. The van der Waals surface area contributed by atoms with Gasteiger partial charge in [0.2, 0.25) is 0 Å². The molecule has 3 aliphatic rings. The molecule has 194 valence electrons. The number of ether oxygens (including phenoxy) is 1. The van der Waals surface area contributed by atoms with Gasteiger partial charge in [0.15, 0.2) is 0 Å². The molecule has 0 aromatic heterocycles. The molecule has 0 unspecified atom stereocenters. The van der Waals surface area contributed by atoms with Gasteiger partial charge in [-0.2, -0.15) is 0 Å². The highest BCUT2D eigenvalue weighted by Gasteiger charge is 2.51. The van der Waals surface area contributed by atoms with E-state index in [1.807, 2.05) is 6.07 Å². The van der Waals surface area contributed by atoms with Gasteiger partial charge in [-0.05, 0) is 84.8 Å². The van der Waals surface area contributed by atoms with E-state index in [2.05, 4.69) is 140 Å². The van der Waals surface area contributed by atoms with Gasteiger partial charge in [-0.25, -0.2) is 0 Å². The van der Waals surface area contributed by atoms with Crippen LogP contribution in [0.4, 0.5) is 0 Å². The van der Waals surface area contributed by atoms with Crippen LogP contribution >= 0.6 is 0 Å². The number of hydrogen-bond acceptors (Lipinski definition) is 1. The van der Waals surface area contributed by atoms with Gasteiger partial charge >= 0.3 is 0 Å². The van der Waals surface area contributed by atoms with Gasteiger partial charge in [0.05, 0.1) is 5.41 Å². The fourth-order valence-electron chi connectivity index (χ4n) is 8.10. The van der Waals surface area contributed by atoms with Crippen molar-refractivity contribution in [1.29, 1.82) is 0 Å². The van der Waals surface area contributed by atoms with Crippen LogP contribution in [0.5, 0.6) is 11.5 Å². The molecule has 1 nitrogen and oxygen atoms in total. The largest absolute Gasteiger partial charge is 0.456 e. The molecule has 1 spiro atoms. The van der Waals surface area contributed by atoms with Gasteiger partial charge in [-0.3, -0.25) is 0 Å². The molecular weight excluding hydrogens is 508 g/mol. The highest BCUT2D eigenvalue weighted by atomic mass is 16.5. The van der Waals surface area contributed by atoms with Crippen molar-refractivity contribution < 1.29 is 4.74 Å². The van der Waals surface area contributed by atoms with Crippen LogP contribution in [0, 0.1) is 0 Å². The summed E-state index contributed by atoms with van der Waals surface area (Å²) in [5.74, 6) is 1.84. The summed E-state index contributed by atoms with van der Waals surface area (Å²) in [7, 11) is 0. The third-order valence-electron chi connectivity index (χ3n) is 9.71. The van der Waals surface area contributed by atoms with E-state index in [1.165, 1.54) is 72.0 Å². The fraction of sp³-hybridized carbons (Fsp3) is 0.0244. The molecule has 10 rings (SSSR count). The summed E-state index contributed by atoms with van der Waals surface area (Å²) in [6, 6.07) is 53.5. The molecule has 1 aliphatic heterocycles. The van der Waals surface area contributed by atoms with E-state index in [9.17, 15) is 0 Å². The lowest BCUT2D eigenvalue weighted by molar-refractivity contribution is 0.487. The maximum absolute atomic E-state index is 6.39. The van der Waals surface area contributed by atoms with E-state index in [4.69, 9.17) is 4.74 Å². The lowest BCUT2D eigenvalue weighted by Gasteiger charge is -2.30. The van der Waals surface area contributed by atoms with E-state index in [-0.39, 0.29) is 5.41 Å². The maximum Gasteiger partial charge on any atom is 0.135 e. The molecule has 1 heteroatoms. The van der Waals surface area contributed by atoms with Crippen LogP contribution in [0.25, 0.3) is 55.3 Å². The number of rotatable bonds is 1. The second kappa shape index (κ2) is 7.87. The van der Waals surface area contributed by atoms with Crippen molar-refractivity contribution in [2.24, 2.45) is 0 Å². The van der Waals surface area contributed by atoms with Crippen molar-refractivity contribution in [1.82, 2.24) is 0 Å². The Hall–Kier alpha value is -5.40. The topological polar surface area (TPSA) is 9.23 Å². The first-order chi connectivity index (χ1) is 20.8. The van der Waals surface area contributed by atoms with E-state index in [1.54, 1.807) is 0 Å². The first-order valence-corrected chi connectivity index (χ1v) is 14.6. The van der Waals surface area contributed by atoms with Crippen molar-refractivity contribution in [2.75, 3.05) is 0 Å². The van der Waals surface area contributed by atoms with Crippen molar-refractivity contribution in [2.45, 2.75) is 5.41 Å². The average molecular weight is 533 g/mol. The predicted molar refractivity (Wildman–Crippen MR) is 171 cm³/mol. The third kappa shape index (κ3) is 2.60. The second-order valence-electron chi connectivity index (χ2n) is 11.6. The Morgan fingerprint density at radius 2 is 0.929 bits per heavy atom. The van der Waals surface area contributed by atoms with Gasteiger partial charge in [-0.15, -0.1) is 0 Å². The van der Waals surface area contributed by atoms with E-state index in [0.29, 0.717) is 0 Å².